The van der Waals surface area contributed by atoms with Crippen LogP contribution in [-0.4, -0.2) is 54.6 Å². The molecule has 1 aromatic rings. The third-order valence-corrected chi connectivity index (χ3v) is 3.61. The number of amides is 1. The highest BCUT2D eigenvalue weighted by atomic mass is 16.2. The van der Waals surface area contributed by atoms with E-state index in [2.05, 4.69) is 26.2 Å². The van der Waals surface area contributed by atoms with Crippen LogP contribution in [0.15, 0.2) is 18.3 Å². The summed E-state index contributed by atoms with van der Waals surface area (Å²) < 4.78 is 0. The molecule has 1 aliphatic heterocycles. The molecule has 1 saturated heterocycles. The number of rotatable bonds is 4. The lowest BCUT2D eigenvalue weighted by Gasteiger charge is -2.23. The van der Waals surface area contributed by atoms with Crippen molar-refractivity contribution < 1.29 is 4.79 Å². The van der Waals surface area contributed by atoms with E-state index in [-0.39, 0.29) is 11.9 Å². The van der Waals surface area contributed by atoms with Crippen LogP contribution in [-0.2, 0) is 4.79 Å². The number of hydrogen-bond donors (Lipinski definition) is 1. The van der Waals surface area contributed by atoms with E-state index < -0.39 is 0 Å². The molecule has 2 rings (SSSR count). The molecular formula is C16H23N5O. The van der Waals surface area contributed by atoms with Crippen molar-refractivity contribution in [3.05, 3.63) is 23.9 Å². The molecule has 2 heterocycles. The molecule has 1 amide bonds. The highest BCUT2D eigenvalue weighted by Gasteiger charge is 2.19. The third-order valence-electron chi connectivity index (χ3n) is 3.61. The number of hydrogen-bond acceptors (Lipinski definition) is 5. The maximum Gasteiger partial charge on any atom is 0.234 e. The number of aromatic nitrogens is 1. The average molecular weight is 301 g/mol. The van der Waals surface area contributed by atoms with E-state index in [4.69, 9.17) is 0 Å². The molecule has 0 atom stereocenters. The first kappa shape index (κ1) is 16.2. The number of nitrogens with one attached hydrogen (secondary N) is 1. The van der Waals surface area contributed by atoms with Gasteiger partial charge in [0.1, 0.15) is 11.9 Å². The van der Waals surface area contributed by atoms with Gasteiger partial charge in [-0.25, -0.2) is 4.98 Å². The van der Waals surface area contributed by atoms with Crippen molar-refractivity contribution in [1.29, 1.82) is 5.26 Å². The van der Waals surface area contributed by atoms with Gasteiger partial charge in [0.05, 0.1) is 12.1 Å². The zero-order chi connectivity index (χ0) is 15.9. The molecular weight excluding hydrogens is 278 g/mol. The Morgan fingerprint density at radius 2 is 2.23 bits per heavy atom. The lowest BCUT2D eigenvalue weighted by molar-refractivity contribution is -0.122. The number of anilines is 1. The van der Waals surface area contributed by atoms with Crippen molar-refractivity contribution in [2.45, 2.75) is 26.3 Å². The van der Waals surface area contributed by atoms with Crippen LogP contribution in [0.5, 0.6) is 0 Å². The van der Waals surface area contributed by atoms with Crippen LogP contribution >= 0.6 is 0 Å². The van der Waals surface area contributed by atoms with Gasteiger partial charge in [-0.15, -0.1) is 0 Å². The van der Waals surface area contributed by atoms with Crippen LogP contribution in [0, 0.1) is 11.3 Å². The van der Waals surface area contributed by atoms with Gasteiger partial charge in [-0.3, -0.25) is 9.69 Å². The van der Waals surface area contributed by atoms with E-state index in [9.17, 15) is 10.1 Å². The summed E-state index contributed by atoms with van der Waals surface area (Å²) >= 11 is 0. The summed E-state index contributed by atoms with van der Waals surface area (Å²) in [7, 11) is 0. The van der Waals surface area contributed by atoms with E-state index in [1.54, 1.807) is 18.3 Å². The van der Waals surface area contributed by atoms with E-state index in [0.717, 1.165) is 38.4 Å². The van der Waals surface area contributed by atoms with Gasteiger partial charge in [-0.1, -0.05) is 0 Å². The summed E-state index contributed by atoms with van der Waals surface area (Å²) in [5.74, 6) is 0.817. The molecule has 1 fully saturated rings. The number of nitrogens with zero attached hydrogens (tertiary/aromatic N) is 4. The molecule has 0 saturated carbocycles. The Morgan fingerprint density at radius 3 is 2.95 bits per heavy atom. The highest BCUT2D eigenvalue weighted by Crippen LogP contribution is 2.18. The monoisotopic (exact) mass is 301 g/mol. The zero-order valence-corrected chi connectivity index (χ0v) is 13.2. The smallest absolute Gasteiger partial charge is 0.234 e. The standard InChI is InChI=1S/C16H23N5O/c1-13(2)19-15(22)12-20-7-4-8-21(10-9-20)16-14(11-17)5-3-6-18-16/h3,5-6,13H,4,7-10,12H2,1-2H3,(H,19,22). The fraction of sp³-hybridized carbons (Fsp3) is 0.562. The molecule has 1 aromatic heterocycles. The fourth-order valence-corrected chi connectivity index (χ4v) is 2.65. The first-order chi connectivity index (χ1) is 10.6. The van der Waals surface area contributed by atoms with E-state index in [0.29, 0.717) is 12.1 Å². The summed E-state index contributed by atoms with van der Waals surface area (Å²) in [6.07, 6.45) is 2.67. The minimum atomic E-state index is 0.0685. The normalized spacial score (nSPS) is 16.2. The van der Waals surface area contributed by atoms with Crippen LogP contribution in [0.2, 0.25) is 0 Å². The Hall–Kier alpha value is -2.13. The van der Waals surface area contributed by atoms with Crippen LogP contribution in [0.25, 0.3) is 0 Å². The first-order valence-corrected chi connectivity index (χ1v) is 7.72. The van der Waals surface area contributed by atoms with Gasteiger partial charge in [0.15, 0.2) is 0 Å². The van der Waals surface area contributed by atoms with Gasteiger partial charge in [0, 0.05) is 38.4 Å². The Kier molecular flexibility index (Phi) is 5.73. The number of pyridine rings is 1. The lowest BCUT2D eigenvalue weighted by Crippen LogP contribution is -2.41. The quantitative estimate of drug-likeness (QED) is 0.898. The summed E-state index contributed by atoms with van der Waals surface area (Å²) in [5.41, 5.74) is 0.605. The van der Waals surface area contributed by atoms with Crippen molar-refractivity contribution in [3.8, 4) is 6.07 Å². The molecule has 0 radical (unpaired) electrons. The fourth-order valence-electron chi connectivity index (χ4n) is 2.65. The highest BCUT2D eigenvalue weighted by molar-refractivity contribution is 5.78. The predicted molar refractivity (Wildman–Crippen MR) is 85.5 cm³/mol. The molecule has 6 nitrogen and oxygen atoms in total. The van der Waals surface area contributed by atoms with E-state index in [1.807, 2.05) is 13.8 Å². The molecule has 0 bridgehead atoms. The summed E-state index contributed by atoms with van der Waals surface area (Å²) in [6, 6.07) is 5.94. The van der Waals surface area contributed by atoms with Gasteiger partial charge in [-0.05, 0) is 32.4 Å². The predicted octanol–water partition coefficient (Wildman–Crippen LogP) is 0.990. The number of carbonyl (C=O) groups excluding carboxylic acids is 1. The van der Waals surface area contributed by atoms with Crippen molar-refractivity contribution in [3.63, 3.8) is 0 Å². The van der Waals surface area contributed by atoms with Crippen molar-refractivity contribution in [2.75, 3.05) is 37.6 Å². The number of carbonyl (C=O) groups is 1. The molecule has 22 heavy (non-hydrogen) atoms. The largest absolute Gasteiger partial charge is 0.354 e. The topological polar surface area (TPSA) is 72.3 Å². The van der Waals surface area contributed by atoms with Crippen LogP contribution in [0.4, 0.5) is 5.82 Å². The van der Waals surface area contributed by atoms with Crippen molar-refractivity contribution in [1.82, 2.24) is 15.2 Å². The molecule has 0 aliphatic carbocycles. The molecule has 0 unspecified atom stereocenters. The van der Waals surface area contributed by atoms with Gasteiger partial charge >= 0.3 is 0 Å². The first-order valence-electron chi connectivity index (χ1n) is 7.72. The average Bonchev–Trinajstić information content (AvgIpc) is 2.72. The Morgan fingerprint density at radius 1 is 1.41 bits per heavy atom. The van der Waals surface area contributed by atoms with Gasteiger partial charge in [0.2, 0.25) is 5.91 Å². The zero-order valence-electron chi connectivity index (χ0n) is 13.2. The lowest BCUT2D eigenvalue weighted by atomic mass is 10.2. The molecule has 0 spiro atoms. The number of nitriles is 1. The Bertz CT molecular complexity index is 552. The minimum Gasteiger partial charge on any atom is -0.354 e. The molecule has 1 N–H and O–H groups in total. The molecule has 1 aliphatic rings. The maximum absolute atomic E-state index is 11.9. The van der Waals surface area contributed by atoms with E-state index >= 15 is 0 Å². The third kappa shape index (κ3) is 4.43. The Labute approximate surface area is 131 Å². The van der Waals surface area contributed by atoms with Crippen molar-refractivity contribution >= 4 is 11.7 Å². The van der Waals surface area contributed by atoms with Gasteiger partial charge in [0.25, 0.3) is 0 Å². The second-order valence-corrected chi connectivity index (χ2v) is 5.83. The SMILES string of the molecule is CC(C)NC(=O)CN1CCCN(c2ncccc2C#N)CC1. The van der Waals surface area contributed by atoms with Gasteiger partial charge < -0.3 is 10.2 Å². The maximum atomic E-state index is 11.9. The summed E-state index contributed by atoms with van der Waals surface area (Å²) in [4.78, 5) is 20.5. The second-order valence-electron chi connectivity index (χ2n) is 5.83. The van der Waals surface area contributed by atoms with Crippen molar-refractivity contribution in [2.24, 2.45) is 0 Å². The summed E-state index contributed by atoms with van der Waals surface area (Å²) in [6.45, 7) is 7.68. The second kappa shape index (κ2) is 7.76. The molecule has 0 aromatic carbocycles. The summed E-state index contributed by atoms with van der Waals surface area (Å²) in [5, 5.41) is 12.1. The minimum absolute atomic E-state index is 0.0685. The van der Waals surface area contributed by atoms with E-state index in [1.165, 1.54) is 0 Å². The molecule has 118 valence electrons. The van der Waals surface area contributed by atoms with Gasteiger partial charge in [-0.2, -0.15) is 5.26 Å². The Balaban J connectivity index is 1.95. The van der Waals surface area contributed by atoms with Crippen LogP contribution < -0.4 is 10.2 Å². The van der Waals surface area contributed by atoms with Crippen LogP contribution in [0.1, 0.15) is 25.8 Å². The molecule has 6 heteroatoms. The van der Waals surface area contributed by atoms with Crippen LogP contribution in [0.3, 0.4) is 0 Å².